The Bertz CT molecular complexity index is 2050. The molecule has 1 unspecified atom stereocenters. The first-order valence-electron chi connectivity index (χ1n) is 18.3. The van der Waals surface area contributed by atoms with E-state index in [0.29, 0.717) is 17.2 Å². The second-order valence-electron chi connectivity index (χ2n) is 13.8. The van der Waals surface area contributed by atoms with Gasteiger partial charge in [0, 0.05) is 19.0 Å². The number of amides is 2. The molecule has 0 spiro atoms. The molecule has 0 aromatic heterocycles. The molecule has 1 atom stereocenters. The molecule has 0 heterocycles. The molecule has 1 saturated carbocycles. The highest BCUT2D eigenvalue weighted by Crippen LogP contribution is 2.29. The number of carbonyl (C=O) groups excluding carboxylic acids is 2. The molecule has 0 aliphatic heterocycles. The Labute approximate surface area is 313 Å². The predicted molar refractivity (Wildman–Crippen MR) is 209 cm³/mol. The maximum Gasteiger partial charge on any atom is 0.264 e. The molecule has 0 saturated heterocycles. The number of benzene rings is 5. The first-order valence-corrected chi connectivity index (χ1v) is 19.7. The Morgan fingerprint density at radius 3 is 1.89 bits per heavy atom. The average Bonchev–Trinajstić information content (AvgIpc) is 3.17. The first-order chi connectivity index (χ1) is 25.7. The van der Waals surface area contributed by atoms with Gasteiger partial charge in [-0.25, -0.2) is 8.42 Å². The van der Waals surface area contributed by atoms with E-state index in [2.05, 4.69) is 5.32 Å². The summed E-state index contributed by atoms with van der Waals surface area (Å²) in [6.45, 7) is 3.48. The largest absolute Gasteiger partial charge is 0.457 e. The summed E-state index contributed by atoms with van der Waals surface area (Å²) < 4.78 is 36.1. The zero-order valence-corrected chi connectivity index (χ0v) is 31.2. The quantitative estimate of drug-likeness (QED) is 0.124. The van der Waals surface area contributed by atoms with Crippen LogP contribution in [-0.2, 0) is 32.6 Å². The molecule has 274 valence electrons. The number of sulfonamides is 1. The van der Waals surface area contributed by atoms with Crippen molar-refractivity contribution in [2.75, 3.05) is 10.8 Å². The van der Waals surface area contributed by atoms with Crippen LogP contribution in [0.1, 0.15) is 54.4 Å². The normalized spacial score (nSPS) is 13.8. The number of nitrogens with zero attached hydrogens (tertiary/aromatic N) is 2. The average molecular weight is 730 g/mol. The third kappa shape index (κ3) is 9.93. The van der Waals surface area contributed by atoms with Crippen molar-refractivity contribution in [3.05, 3.63) is 156 Å². The van der Waals surface area contributed by atoms with Gasteiger partial charge in [-0.3, -0.25) is 13.9 Å². The Kier molecular flexibility index (Phi) is 12.3. The zero-order valence-electron chi connectivity index (χ0n) is 30.4. The Morgan fingerprint density at radius 1 is 0.698 bits per heavy atom. The van der Waals surface area contributed by atoms with E-state index in [9.17, 15) is 18.0 Å². The van der Waals surface area contributed by atoms with E-state index >= 15 is 0 Å². The van der Waals surface area contributed by atoms with Gasteiger partial charge in [0.15, 0.2) is 0 Å². The number of aryl methyl sites for hydroxylation is 2. The summed E-state index contributed by atoms with van der Waals surface area (Å²) >= 11 is 0. The number of para-hydroxylation sites is 1. The fourth-order valence-corrected chi connectivity index (χ4v) is 8.07. The maximum atomic E-state index is 14.9. The fraction of sp³-hybridized carbons (Fsp3) is 0.273. The van der Waals surface area contributed by atoms with Crippen molar-refractivity contribution >= 4 is 27.5 Å². The van der Waals surface area contributed by atoms with E-state index in [-0.39, 0.29) is 29.8 Å². The molecule has 1 aliphatic rings. The molecule has 6 rings (SSSR count). The number of hydrogen-bond acceptors (Lipinski definition) is 5. The van der Waals surface area contributed by atoms with E-state index in [1.807, 2.05) is 98.8 Å². The summed E-state index contributed by atoms with van der Waals surface area (Å²) in [5.41, 5.74) is 4.00. The third-order valence-electron chi connectivity index (χ3n) is 9.69. The van der Waals surface area contributed by atoms with E-state index in [1.54, 1.807) is 53.4 Å². The lowest BCUT2D eigenvalue weighted by Gasteiger charge is -2.35. The number of hydrogen-bond donors (Lipinski definition) is 1. The van der Waals surface area contributed by atoms with Crippen LogP contribution in [0.3, 0.4) is 0 Å². The highest BCUT2D eigenvalue weighted by atomic mass is 32.2. The topological polar surface area (TPSA) is 96.0 Å². The van der Waals surface area contributed by atoms with Crippen molar-refractivity contribution in [1.82, 2.24) is 10.2 Å². The first kappa shape index (κ1) is 37.4. The minimum absolute atomic E-state index is 0.0286. The van der Waals surface area contributed by atoms with Crippen LogP contribution >= 0.6 is 0 Å². The Balaban J connectivity index is 1.38. The van der Waals surface area contributed by atoms with Crippen LogP contribution in [-0.4, -0.2) is 43.8 Å². The SMILES string of the molecule is Cc1ccc(CN(C(=O)CN(c2ccc(Oc3ccccc3)cc2)S(=O)(=O)c2ccc(C)cc2)C(Cc2ccccc2)C(=O)NC2CCCCC2)cc1. The van der Waals surface area contributed by atoms with Gasteiger partial charge in [-0.15, -0.1) is 0 Å². The van der Waals surface area contributed by atoms with E-state index in [0.717, 1.165) is 58.7 Å². The van der Waals surface area contributed by atoms with Gasteiger partial charge in [-0.2, -0.15) is 0 Å². The molecule has 5 aromatic rings. The van der Waals surface area contributed by atoms with E-state index in [1.165, 1.54) is 0 Å². The van der Waals surface area contributed by atoms with Gasteiger partial charge in [-0.1, -0.05) is 115 Å². The molecule has 1 N–H and O–H groups in total. The lowest BCUT2D eigenvalue weighted by Crippen LogP contribution is -2.55. The summed E-state index contributed by atoms with van der Waals surface area (Å²) in [5, 5.41) is 3.26. The molecular weight excluding hydrogens is 683 g/mol. The number of carbonyl (C=O) groups is 2. The maximum absolute atomic E-state index is 14.9. The Hall–Kier alpha value is -5.41. The van der Waals surface area contributed by atoms with Gasteiger partial charge in [0.25, 0.3) is 10.0 Å². The molecule has 5 aromatic carbocycles. The van der Waals surface area contributed by atoms with Crippen LogP contribution in [0, 0.1) is 13.8 Å². The number of anilines is 1. The second-order valence-corrected chi connectivity index (χ2v) is 15.7. The fourth-order valence-electron chi connectivity index (χ4n) is 6.66. The number of nitrogens with one attached hydrogen (secondary N) is 1. The van der Waals surface area contributed by atoms with Crippen molar-refractivity contribution in [3.8, 4) is 11.5 Å². The minimum Gasteiger partial charge on any atom is -0.457 e. The Morgan fingerprint density at radius 2 is 1.26 bits per heavy atom. The van der Waals surface area contributed by atoms with Crippen LogP contribution in [0.4, 0.5) is 5.69 Å². The van der Waals surface area contributed by atoms with Crippen molar-refractivity contribution in [2.45, 2.75) is 75.9 Å². The highest BCUT2D eigenvalue weighted by molar-refractivity contribution is 7.92. The zero-order chi connectivity index (χ0) is 37.2. The highest BCUT2D eigenvalue weighted by Gasteiger charge is 2.35. The summed E-state index contributed by atoms with van der Waals surface area (Å²) in [7, 11) is -4.23. The van der Waals surface area contributed by atoms with Gasteiger partial charge in [0.1, 0.15) is 24.1 Å². The van der Waals surface area contributed by atoms with Crippen LogP contribution in [0.2, 0.25) is 0 Å². The van der Waals surface area contributed by atoms with Crippen LogP contribution < -0.4 is 14.4 Å². The van der Waals surface area contributed by atoms with Crippen molar-refractivity contribution < 1.29 is 22.7 Å². The summed E-state index contributed by atoms with van der Waals surface area (Å²) in [4.78, 5) is 30.8. The van der Waals surface area contributed by atoms with Gasteiger partial charge in [-0.05, 0) is 86.3 Å². The summed E-state index contributed by atoms with van der Waals surface area (Å²) in [5.74, 6) is 0.423. The summed E-state index contributed by atoms with van der Waals surface area (Å²) in [6.07, 6.45) is 5.28. The van der Waals surface area contributed by atoms with Crippen LogP contribution in [0.15, 0.2) is 138 Å². The van der Waals surface area contributed by atoms with Crippen LogP contribution in [0.5, 0.6) is 11.5 Å². The molecule has 2 amide bonds. The number of ether oxygens (including phenoxy) is 1. The van der Waals surface area contributed by atoms with Crippen molar-refractivity contribution in [3.63, 3.8) is 0 Å². The molecule has 1 aliphatic carbocycles. The minimum atomic E-state index is -4.23. The van der Waals surface area contributed by atoms with Gasteiger partial charge in [0.05, 0.1) is 10.6 Å². The smallest absolute Gasteiger partial charge is 0.264 e. The molecular formula is C44H47N3O5S. The van der Waals surface area contributed by atoms with E-state index in [4.69, 9.17) is 4.74 Å². The second kappa shape index (κ2) is 17.4. The van der Waals surface area contributed by atoms with Crippen LogP contribution in [0.25, 0.3) is 0 Å². The molecule has 53 heavy (non-hydrogen) atoms. The predicted octanol–water partition coefficient (Wildman–Crippen LogP) is 8.38. The lowest BCUT2D eigenvalue weighted by atomic mass is 9.94. The molecule has 0 radical (unpaired) electrons. The van der Waals surface area contributed by atoms with Gasteiger partial charge < -0.3 is 15.0 Å². The van der Waals surface area contributed by atoms with Crippen molar-refractivity contribution in [1.29, 1.82) is 0 Å². The third-order valence-corrected chi connectivity index (χ3v) is 11.5. The molecule has 8 nitrogen and oxygen atoms in total. The molecule has 0 bridgehead atoms. The monoisotopic (exact) mass is 729 g/mol. The standard InChI is InChI=1S/C44H47N3O5S/c1-33-18-22-36(23-19-33)31-46(42(30-35-12-6-3-7-13-35)44(49)45-37-14-8-4-9-15-37)43(48)32-47(53(50,51)41-28-20-34(2)21-29-41)38-24-26-40(27-25-38)52-39-16-10-5-11-17-39/h3,5-7,10-13,16-29,37,42H,4,8-9,14-15,30-32H2,1-2H3,(H,45,49). The number of rotatable bonds is 14. The molecule has 9 heteroatoms. The van der Waals surface area contributed by atoms with Crippen molar-refractivity contribution in [2.24, 2.45) is 0 Å². The summed E-state index contributed by atoms with van der Waals surface area (Å²) in [6, 6.07) is 39.1. The van der Waals surface area contributed by atoms with E-state index < -0.39 is 28.5 Å². The lowest BCUT2D eigenvalue weighted by molar-refractivity contribution is -0.140. The molecule has 1 fully saturated rings. The van der Waals surface area contributed by atoms with Gasteiger partial charge in [0.2, 0.25) is 11.8 Å². The van der Waals surface area contributed by atoms with Gasteiger partial charge >= 0.3 is 0 Å².